The maximum Gasteiger partial charge on any atom is 0.336 e. The van der Waals surface area contributed by atoms with Crippen molar-refractivity contribution < 1.29 is 29.1 Å². The minimum atomic E-state index is -4.69. The fourth-order valence-corrected chi connectivity index (χ4v) is 2.68. The smallest absolute Gasteiger partial charge is 0.324 e. The average Bonchev–Trinajstić information content (AvgIpc) is 2.37. The highest BCUT2D eigenvalue weighted by Crippen LogP contribution is 2.44. The average molecular weight is 301 g/mol. The van der Waals surface area contributed by atoms with Gasteiger partial charge in [0.05, 0.1) is 0 Å². The summed E-state index contributed by atoms with van der Waals surface area (Å²) >= 11 is 0. The summed E-state index contributed by atoms with van der Waals surface area (Å²) in [4.78, 5) is 41.1. The number of benzene rings is 1. The number of hydrogen-bond donors (Lipinski definition) is 3. The molecule has 1 aromatic carbocycles. The number of amides is 1. The molecule has 110 valence electrons. The number of aryl methyl sites for hydroxylation is 1. The first-order chi connectivity index (χ1) is 9.27. The predicted octanol–water partition coefficient (Wildman–Crippen LogP) is 0.962. The Hall–Kier alpha value is -1.53. The Morgan fingerprint density at radius 3 is 2.50 bits per heavy atom. The van der Waals surface area contributed by atoms with Crippen molar-refractivity contribution in [3.63, 3.8) is 0 Å². The Kier molecular flexibility index (Phi) is 5.59. The Balaban J connectivity index is 3.00. The van der Waals surface area contributed by atoms with Crippen molar-refractivity contribution in [1.82, 2.24) is 5.06 Å². The van der Waals surface area contributed by atoms with Crippen LogP contribution in [0.3, 0.4) is 0 Å². The first-order valence-corrected chi connectivity index (χ1v) is 7.51. The molecule has 8 heteroatoms. The summed E-state index contributed by atoms with van der Waals surface area (Å²) in [5.41, 5.74) is -0.762. The summed E-state index contributed by atoms with van der Waals surface area (Å²) < 4.78 is 11.4. The van der Waals surface area contributed by atoms with E-state index in [1.807, 2.05) is 0 Å². The lowest BCUT2D eigenvalue weighted by Crippen LogP contribution is -2.28. The maximum atomic E-state index is 12.2. The molecule has 0 saturated heterocycles. The number of carbonyl (C=O) groups is 2. The molecule has 3 N–H and O–H groups in total. The number of rotatable bonds is 7. The lowest BCUT2D eigenvalue weighted by molar-refractivity contribution is -0.149. The van der Waals surface area contributed by atoms with Crippen LogP contribution in [0.15, 0.2) is 24.3 Å². The van der Waals surface area contributed by atoms with Crippen LogP contribution in [0.1, 0.15) is 22.3 Å². The zero-order valence-electron chi connectivity index (χ0n) is 10.8. The summed E-state index contributed by atoms with van der Waals surface area (Å²) in [5.74, 6) is -0.698. The van der Waals surface area contributed by atoms with Crippen LogP contribution in [-0.2, 0) is 9.36 Å². The third kappa shape index (κ3) is 4.25. The highest BCUT2D eigenvalue weighted by molar-refractivity contribution is 7.53. The second kappa shape index (κ2) is 6.76. The van der Waals surface area contributed by atoms with Crippen LogP contribution in [0.4, 0.5) is 0 Å². The van der Waals surface area contributed by atoms with Gasteiger partial charge in [-0.3, -0.25) is 19.4 Å². The Labute approximate surface area is 116 Å². The van der Waals surface area contributed by atoms with E-state index in [4.69, 9.17) is 5.21 Å². The molecule has 0 aliphatic carbocycles. The second-order valence-electron chi connectivity index (χ2n) is 4.34. The number of hydroxylamine groups is 2. The van der Waals surface area contributed by atoms with Crippen LogP contribution in [0, 0.1) is 6.92 Å². The van der Waals surface area contributed by atoms with Gasteiger partial charge in [0.1, 0.15) is 5.66 Å². The minimum Gasteiger partial charge on any atom is -0.324 e. The molecule has 0 saturated carbocycles. The topological polar surface area (TPSA) is 115 Å². The molecule has 1 aromatic rings. The van der Waals surface area contributed by atoms with Gasteiger partial charge < -0.3 is 9.79 Å². The number of nitrogens with zero attached hydrogens (tertiary/aromatic N) is 1. The van der Waals surface area contributed by atoms with Gasteiger partial charge >= 0.3 is 7.60 Å². The summed E-state index contributed by atoms with van der Waals surface area (Å²) in [5, 5.41) is 9.22. The molecule has 0 aromatic heterocycles. The van der Waals surface area contributed by atoms with Crippen LogP contribution in [0.5, 0.6) is 0 Å². The van der Waals surface area contributed by atoms with Gasteiger partial charge in [0.25, 0.3) is 0 Å². The van der Waals surface area contributed by atoms with Gasteiger partial charge in [-0.05, 0) is 18.9 Å². The fourth-order valence-electron chi connectivity index (χ4n) is 1.79. The molecular weight excluding hydrogens is 285 g/mol. The first-order valence-electron chi connectivity index (χ1n) is 5.83. The van der Waals surface area contributed by atoms with E-state index in [1.165, 1.54) is 6.07 Å². The highest BCUT2D eigenvalue weighted by Gasteiger charge is 2.36. The Morgan fingerprint density at radius 2 is 2.00 bits per heavy atom. The molecule has 0 fully saturated rings. The third-order valence-corrected chi connectivity index (χ3v) is 4.18. The molecule has 1 rings (SSSR count). The van der Waals surface area contributed by atoms with E-state index in [-0.39, 0.29) is 30.0 Å². The van der Waals surface area contributed by atoms with Crippen molar-refractivity contribution in [2.75, 3.05) is 6.54 Å². The van der Waals surface area contributed by atoms with Gasteiger partial charge in [0, 0.05) is 12.1 Å². The summed E-state index contributed by atoms with van der Waals surface area (Å²) in [6, 6.07) is 6.45. The Bertz CT molecular complexity index is 541. The predicted molar refractivity (Wildman–Crippen MR) is 70.5 cm³/mol. The van der Waals surface area contributed by atoms with Crippen molar-refractivity contribution >= 4 is 19.8 Å². The number of Topliss-reactive ketones (excluding diaryl/α,β-unsaturated/α-hetero) is 1. The monoisotopic (exact) mass is 301 g/mol. The van der Waals surface area contributed by atoms with Crippen molar-refractivity contribution in [1.29, 1.82) is 0 Å². The second-order valence-corrected chi connectivity index (χ2v) is 6.14. The Morgan fingerprint density at radius 1 is 1.40 bits per heavy atom. The lowest BCUT2D eigenvalue weighted by Gasteiger charge is -2.19. The van der Waals surface area contributed by atoms with E-state index in [0.29, 0.717) is 5.56 Å². The van der Waals surface area contributed by atoms with Crippen molar-refractivity contribution in [2.24, 2.45) is 0 Å². The molecule has 20 heavy (non-hydrogen) atoms. The van der Waals surface area contributed by atoms with Crippen LogP contribution in [0.25, 0.3) is 0 Å². The van der Waals surface area contributed by atoms with Crippen LogP contribution in [0.2, 0.25) is 0 Å². The van der Waals surface area contributed by atoms with E-state index in [0.717, 1.165) is 0 Å². The van der Waals surface area contributed by atoms with E-state index in [9.17, 15) is 23.9 Å². The number of hydrogen-bond acceptors (Lipinski definition) is 4. The van der Waals surface area contributed by atoms with Crippen LogP contribution >= 0.6 is 7.60 Å². The molecule has 7 nitrogen and oxygen atoms in total. The van der Waals surface area contributed by atoms with Crippen molar-refractivity contribution in [3.05, 3.63) is 35.4 Å². The fraction of sp³-hybridized carbons (Fsp3) is 0.333. The quantitative estimate of drug-likeness (QED) is 0.227. The zero-order valence-corrected chi connectivity index (χ0v) is 11.7. The van der Waals surface area contributed by atoms with Gasteiger partial charge in [-0.2, -0.15) is 0 Å². The van der Waals surface area contributed by atoms with E-state index in [1.54, 1.807) is 25.1 Å². The minimum absolute atomic E-state index is 0.106. The summed E-state index contributed by atoms with van der Waals surface area (Å²) in [6.07, 6.45) is -0.221. The maximum absolute atomic E-state index is 12.2. The molecular formula is C12H16NO6P. The van der Waals surface area contributed by atoms with Gasteiger partial charge in [-0.1, -0.05) is 24.3 Å². The van der Waals surface area contributed by atoms with Crippen molar-refractivity contribution in [2.45, 2.75) is 19.0 Å². The lowest BCUT2D eigenvalue weighted by atomic mass is 10.0. The molecule has 0 spiro atoms. The first kappa shape index (κ1) is 16.5. The molecule has 0 bridgehead atoms. The number of carbonyl (C=O) groups excluding carboxylic acids is 2. The molecule has 1 unspecified atom stereocenters. The van der Waals surface area contributed by atoms with Gasteiger partial charge in [-0.15, -0.1) is 0 Å². The number of ketones is 1. The van der Waals surface area contributed by atoms with Crippen LogP contribution < -0.4 is 0 Å². The van der Waals surface area contributed by atoms with Gasteiger partial charge in [0.2, 0.25) is 6.41 Å². The molecule has 1 amide bonds. The van der Waals surface area contributed by atoms with Crippen LogP contribution in [-0.4, -0.2) is 44.5 Å². The molecule has 1 atom stereocenters. The zero-order chi connectivity index (χ0) is 15.3. The molecule has 0 heterocycles. The molecule has 0 aliphatic heterocycles. The molecule has 0 aliphatic rings. The van der Waals surface area contributed by atoms with E-state index < -0.39 is 19.0 Å². The van der Waals surface area contributed by atoms with E-state index in [2.05, 4.69) is 0 Å². The summed E-state index contributed by atoms with van der Waals surface area (Å²) in [6.45, 7) is 1.32. The largest absolute Gasteiger partial charge is 0.336 e. The molecule has 0 radical (unpaired) electrons. The summed E-state index contributed by atoms with van der Waals surface area (Å²) in [7, 11) is -4.69. The third-order valence-electron chi connectivity index (χ3n) is 2.87. The normalized spacial score (nSPS) is 12.8. The standard InChI is InChI=1S/C12H16NO6P/c1-9-4-2-3-5-10(9)12(15)11(20(17,18)19)6-7-13(16)8-14/h2-5,8,11,16H,6-7H2,1H3,(H2,17,18,19). The SMILES string of the molecule is Cc1ccccc1C(=O)C(CCN(O)C=O)P(=O)(O)O. The van der Waals surface area contributed by atoms with Gasteiger partial charge in [0.15, 0.2) is 5.78 Å². The van der Waals surface area contributed by atoms with E-state index >= 15 is 0 Å². The highest BCUT2D eigenvalue weighted by atomic mass is 31.2. The van der Waals surface area contributed by atoms with Gasteiger partial charge in [-0.25, -0.2) is 5.06 Å². The van der Waals surface area contributed by atoms with Crippen molar-refractivity contribution in [3.8, 4) is 0 Å².